The Morgan fingerprint density at radius 1 is 1.58 bits per heavy atom. The van der Waals surface area contributed by atoms with Crippen LogP contribution in [0.3, 0.4) is 0 Å². The fourth-order valence-electron chi connectivity index (χ4n) is 0.929. The van der Waals surface area contributed by atoms with Gasteiger partial charge in [-0.15, -0.1) is 0 Å². The van der Waals surface area contributed by atoms with Crippen LogP contribution in [0.1, 0.15) is 36.8 Å². The summed E-state index contributed by atoms with van der Waals surface area (Å²) < 4.78 is 4.60. The lowest BCUT2D eigenvalue weighted by molar-refractivity contribution is 0.0693. The largest absolute Gasteiger partial charge is 0.478 e. The van der Waals surface area contributed by atoms with Crippen molar-refractivity contribution in [2.75, 3.05) is 0 Å². The number of carboxylic acid groups (broad SMARTS) is 1. The Hall–Kier alpha value is -1.32. The minimum atomic E-state index is -0.999. The number of hydrogen-bond donors (Lipinski definition) is 1. The van der Waals surface area contributed by atoms with Gasteiger partial charge in [-0.1, -0.05) is 25.9 Å². The minimum Gasteiger partial charge on any atom is -0.478 e. The van der Waals surface area contributed by atoms with Crippen molar-refractivity contribution in [1.82, 2.24) is 5.16 Å². The zero-order chi connectivity index (χ0) is 9.35. The van der Waals surface area contributed by atoms with Crippen LogP contribution < -0.4 is 0 Å². The molecule has 0 aliphatic heterocycles. The van der Waals surface area contributed by atoms with Crippen LogP contribution in [0.5, 0.6) is 0 Å². The number of nitrogens with zero attached hydrogens (tertiary/aromatic N) is 1. The maximum absolute atomic E-state index is 10.6. The van der Waals surface area contributed by atoms with Crippen molar-refractivity contribution in [1.29, 1.82) is 0 Å². The predicted molar refractivity (Wildman–Crippen MR) is 42.2 cm³/mol. The smallest absolute Gasteiger partial charge is 0.340 e. The molecule has 0 fully saturated rings. The number of rotatable bonds is 1. The molecule has 0 saturated heterocycles. The molecule has 0 saturated carbocycles. The molecule has 4 nitrogen and oxygen atoms in total. The van der Waals surface area contributed by atoms with Gasteiger partial charge in [0.15, 0.2) is 0 Å². The average Bonchev–Trinajstić information content (AvgIpc) is 2.30. The molecule has 66 valence electrons. The van der Waals surface area contributed by atoms with E-state index in [2.05, 4.69) is 9.68 Å². The highest BCUT2D eigenvalue weighted by Crippen LogP contribution is 2.23. The summed E-state index contributed by atoms with van der Waals surface area (Å²) in [5, 5.41) is 12.4. The van der Waals surface area contributed by atoms with Gasteiger partial charge in [-0.05, 0) is 0 Å². The highest BCUT2D eigenvalue weighted by Gasteiger charge is 2.25. The van der Waals surface area contributed by atoms with Crippen molar-refractivity contribution in [3.63, 3.8) is 0 Å². The van der Waals surface area contributed by atoms with Gasteiger partial charge in [0, 0.05) is 5.41 Å². The first kappa shape index (κ1) is 8.77. The molecule has 1 N–H and O–H groups in total. The molecule has 0 unspecified atom stereocenters. The van der Waals surface area contributed by atoms with Crippen molar-refractivity contribution < 1.29 is 14.4 Å². The molecule has 12 heavy (non-hydrogen) atoms. The van der Waals surface area contributed by atoms with Gasteiger partial charge in [-0.3, -0.25) is 0 Å². The van der Waals surface area contributed by atoms with E-state index in [1.54, 1.807) is 0 Å². The van der Waals surface area contributed by atoms with Crippen molar-refractivity contribution >= 4 is 5.97 Å². The summed E-state index contributed by atoms with van der Waals surface area (Å²) in [7, 11) is 0. The van der Waals surface area contributed by atoms with Crippen LogP contribution >= 0.6 is 0 Å². The van der Waals surface area contributed by atoms with Gasteiger partial charge in [0.25, 0.3) is 0 Å². The van der Waals surface area contributed by atoms with Crippen LogP contribution in [0, 0.1) is 0 Å². The summed E-state index contributed by atoms with van der Waals surface area (Å²) in [6, 6.07) is 0. The highest BCUT2D eigenvalue weighted by atomic mass is 16.5. The third-order valence-electron chi connectivity index (χ3n) is 1.51. The summed E-state index contributed by atoms with van der Waals surface area (Å²) in [4.78, 5) is 10.6. The zero-order valence-corrected chi connectivity index (χ0v) is 7.29. The SMILES string of the molecule is CC(C)(C)c1nocc1C(=O)O. The number of hydrogen-bond acceptors (Lipinski definition) is 3. The van der Waals surface area contributed by atoms with Crippen LogP contribution in [0.15, 0.2) is 10.8 Å². The summed E-state index contributed by atoms with van der Waals surface area (Å²) in [6.45, 7) is 5.66. The molecular formula is C8H11NO3. The van der Waals surface area contributed by atoms with Gasteiger partial charge in [0.05, 0.1) is 0 Å². The van der Waals surface area contributed by atoms with Crippen LogP contribution in [0.25, 0.3) is 0 Å². The summed E-state index contributed by atoms with van der Waals surface area (Å²) in [5.74, 6) is -0.999. The van der Waals surface area contributed by atoms with Gasteiger partial charge in [0.2, 0.25) is 0 Å². The van der Waals surface area contributed by atoms with Crippen LogP contribution in [-0.2, 0) is 5.41 Å². The number of aromatic carboxylic acids is 1. The lowest BCUT2D eigenvalue weighted by Gasteiger charge is -2.14. The fourth-order valence-corrected chi connectivity index (χ4v) is 0.929. The Morgan fingerprint density at radius 2 is 2.17 bits per heavy atom. The molecule has 1 aromatic heterocycles. The van der Waals surface area contributed by atoms with Crippen molar-refractivity contribution in [3.05, 3.63) is 17.5 Å². The molecule has 0 amide bonds. The second-order valence-corrected chi connectivity index (χ2v) is 3.63. The topological polar surface area (TPSA) is 63.3 Å². The third-order valence-corrected chi connectivity index (χ3v) is 1.51. The molecule has 1 aromatic rings. The third kappa shape index (κ3) is 1.47. The number of carboxylic acids is 1. The molecular weight excluding hydrogens is 158 g/mol. The number of aromatic nitrogens is 1. The first-order chi connectivity index (χ1) is 5.43. The Labute approximate surface area is 70.2 Å². The first-order valence-corrected chi connectivity index (χ1v) is 3.61. The zero-order valence-electron chi connectivity index (χ0n) is 7.29. The molecule has 0 spiro atoms. The van der Waals surface area contributed by atoms with Gasteiger partial charge in [0.1, 0.15) is 17.5 Å². The van der Waals surface area contributed by atoms with Gasteiger partial charge < -0.3 is 9.63 Å². The monoisotopic (exact) mass is 169 g/mol. The molecule has 1 rings (SSSR count). The molecule has 0 aromatic carbocycles. The van der Waals surface area contributed by atoms with E-state index in [4.69, 9.17) is 5.11 Å². The summed E-state index contributed by atoms with van der Waals surface area (Å²) in [6.07, 6.45) is 1.16. The Bertz CT molecular complexity index is 295. The van der Waals surface area contributed by atoms with Gasteiger partial charge >= 0.3 is 5.97 Å². The van der Waals surface area contributed by atoms with E-state index in [-0.39, 0.29) is 11.0 Å². The summed E-state index contributed by atoms with van der Waals surface area (Å²) >= 11 is 0. The molecule has 4 heteroatoms. The molecule has 0 radical (unpaired) electrons. The van der Waals surface area contributed by atoms with E-state index in [9.17, 15) is 4.79 Å². The van der Waals surface area contributed by atoms with Crippen LogP contribution in [0.4, 0.5) is 0 Å². The Morgan fingerprint density at radius 3 is 2.50 bits per heavy atom. The molecule has 0 atom stereocenters. The van der Waals surface area contributed by atoms with E-state index in [1.807, 2.05) is 20.8 Å². The lowest BCUT2D eigenvalue weighted by atomic mass is 9.90. The average molecular weight is 169 g/mol. The van der Waals surface area contributed by atoms with Crippen molar-refractivity contribution in [3.8, 4) is 0 Å². The molecule has 0 aliphatic rings. The maximum atomic E-state index is 10.6. The predicted octanol–water partition coefficient (Wildman–Crippen LogP) is 1.67. The van der Waals surface area contributed by atoms with Crippen molar-refractivity contribution in [2.24, 2.45) is 0 Å². The Balaban J connectivity index is 3.17. The quantitative estimate of drug-likeness (QED) is 0.694. The lowest BCUT2D eigenvalue weighted by Crippen LogP contribution is -2.16. The van der Waals surface area contributed by atoms with E-state index >= 15 is 0 Å². The molecule has 0 aliphatic carbocycles. The van der Waals surface area contributed by atoms with E-state index < -0.39 is 5.97 Å². The van der Waals surface area contributed by atoms with E-state index in [0.717, 1.165) is 6.26 Å². The first-order valence-electron chi connectivity index (χ1n) is 3.61. The highest BCUT2D eigenvalue weighted by molar-refractivity contribution is 5.88. The number of carbonyl (C=O) groups is 1. The second-order valence-electron chi connectivity index (χ2n) is 3.63. The van der Waals surface area contributed by atoms with Gasteiger partial charge in [-0.2, -0.15) is 0 Å². The van der Waals surface area contributed by atoms with Gasteiger partial charge in [-0.25, -0.2) is 4.79 Å². The fraction of sp³-hybridized carbons (Fsp3) is 0.500. The second kappa shape index (κ2) is 2.62. The van der Waals surface area contributed by atoms with E-state index in [1.165, 1.54) is 0 Å². The van der Waals surface area contributed by atoms with Crippen molar-refractivity contribution in [2.45, 2.75) is 26.2 Å². The minimum absolute atomic E-state index is 0.141. The Kier molecular flexibility index (Phi) is 1.92. The molecule has 0 bridgehead atoms. The normalized spacial score (nSPS) is 11.6. The standard InChI is InChI=1S/C8H11NO3/c1-8(2,3)6-5(7(10)11)4-12-9-6/h4H,1-3H3,(H,10,11). The van der Waals surface area contributed by atoms with Crippen LogP contribution in [0.2, 0.25) is 0 Å². The molecule has 1 heterocycles. The van der Waals surface area contributed by atoms with E-state index in [0.29, 0.717) is 5.69 Å². The summed E-state index contributed by atoms with van der Waals surface area (Å²) in [5.41, 5.74) is 0.332. The van der Waals surface area contributed by atoms with Crippen LogP contribution in [-0.4, -0.2) is 16.2 Å². The maximum Gasteiger partial charge on any atom is 0.340 e.